The van der Waals surface area contributed by atoms with E-state index in [1.54, 1.807) is 0 Å². The molecule has 148 valence electrons. The molecule has 1 aromatic rings. The number of benzene rings is 1. The van der Waals surface area contributed by atoms with Crippen LogP contribution in [0.4, 0.5) is 5.69 Å². The van der Waals surface area contributed by atoms with Crippen molar-refractivity contribution in [2.24, 2.45) is 0 Å². The van der Waals surface area contributed by atoms with Crippen LogP contribution in [0.3, 0.4) is 0 Å². The second kappa shape index (κ2) is 7.47. The molecule has 0 bridgehead atoms. The van der Waals surface area contributed by atoms with Gasteiger partial charge in [0, 0.05) is 63.1 Å². The second-order valence-corrected chi connectivity index (χ2v) is 7.99. The maximum atomic E-state index is 10.6. The molecule has 27 heavy (non-hydrogen) atoms. The first-order valence-electron chi connectivity index (χ1n) is 10.2. The molecule has 0 radical (unpaired) electrons. The Morgan fingerprint density at radius 2 is 1.67 bits per heavy atom. The van der Waals surface area contributed by atoms with Crippen LogP contribution in [0.25, 0.3) is 0 Å². The highest BCUT2D eigenvalue weighted by atomic mass is 16.7. The lowest BCUT2D eigenvalue weighted by atomic mass is 10.0. The summed E-state index contributed by atoms with van der Waals surface area (Å²) >= 11 is 0. The molecule has 0 unspecified atom stereocenters. The monoisotopic (exact) mass is 375 g/mol. The quantitative estimate of drug-likeness (QED) is 0.837. The van der Waals surface area contributed by atoms with E-state index in [-0.39, 0.29) is 12.1 Å². The fourth-order valence-electron chi connectivity index (χ4n) is 4.94. The van der Waals surface area contributed by atoms with Crippen molar-refractivity contribution in [3.05, 3.63) is 18.2 Å². The Balaban J connectivity index is 1.17. The molecule has 0 aromatic heterocycles. The number of anilines is 1. The van der Waals surface area contributed by atoms with Gasteiger partial charge in [-0.05, 0) is 25.0 Å². The fraction of sp³-hybridized carbons (Fsp3) is 0.700. The largest absolute Gasteiger partial charge is 0.454 e. The van der Waals surface area contributed by atoms with Crippen molar-refractivity contribution in [2.75, 3.05) is 64.2 Å². The Kier molecular flexibility index (Phi) is 4.85. The highest BCUT2D eigenvalue weighted by molar-refractivity contribution is 5.57. The van der Waals surface area contributed by atoms with Crippen molar-refractivity contribution in [2.45, 2.75) is 31.0 Å². The highest BCUT2D eigenvalue weighted by Crippen LogP contribution is 2.36. The number of morpholine rings is 1. The molecule has 4 aliphatic rings. The van der Waals surface area contributed by atoms with Gasteiger partial charge in [0.15, 0.2) is 11.5 Å². The lowest BCUT2D eigenvalue weighted by molar-refractivity contribution is -0.00629. The smallest absolute Gasteiger partial charge is 0.231 e. The maximum absolute atomic E-state index is 10.6. The van der Waals surface area contributed by atoms with Crippen molar-refractivity contribution >= 4 is 5.69 Å². The van der Waals surface area contributed by atoms with Crippen LogP contribution in [-0.2, 0) is 4.74 Å². The van der Waals surface area contributed by atoms with Crippen molar-refractivity contribution in [1.82, 2.24) is 9.80 Å². The standard InChI is InChI=1S/C20H29N3O4/c24-18-13-23(12-17(18)22-7-9-25-10-8-22)15-3-5-21(6-4-15)16-1-2-19-20(11-16)27-14-26-19/h1-2,11,15,17-18,24H,3-10,12-14H2/t17-,18-/m0/s1. The lowest BCUT2D eigenvalue weighted by Gasteiger charge is -2.38. The van der Waals surface area contributed by atoms with Crippen LogP contribution in [0.1, 0.15) is 12.8 Å². The van der Waals surface area contributed by atoms with Gasteiger partial charge in [0.2, 0.25) is 6.79 Å². The lowest BCUT2D eigenvalue weighted by Crippen LogP contribution is -2.49. The van der Waals surface area contributed by atoms with Gasteiger partial charge >= 0.3 is 0 Å². The van der Waals surface area contributed by atoms with E-state index in [1.807, 2.05) is 6.07 Å². The molecule has 7 nitrogen and oxygen atoms in total. The Morgan fingerprint density at radius 3 is 2.48 bits per heavy atom. The predicted molar refractivity (Wildman–Crippen MR) is 102 cm³/mol. The number of aliphatic hydroxyl groups excluding tert-OH is 1. The van der Waals surface area contributed by atoms with Gasteiger partial charge in [-0.25, -0.2) is 0 Å². The molecule has 3 saturated heterocycles. The van der Waals surface area contributed by atoms with Gasteiger partial charge in [0.25, 0.3) is 0 Å². The van der Waals surface area contributed by atoms with Gasteiger partial charge in [-0.15, -0.1) is 0 Å². The van der Waals surface area contributed by atoms with Gasteiger partial charge in [-0.1, -0.05) is 0 Å². The summed E-state index contributed by atoms with van der Waals surface area (Å²) in [6.07, 6.45) is 2.03. The van der Waals surface area contributed by atoms with Crippen LogP contribution in [0.2, 0.25) is 0 Å². The minimum atomic E-state index is -0.241. The zero-order valence-corrected chi connectivity index (χ0v) is 15.8. The molecule has 4 aliphatic heterocycles. The number of hydrogen-bond donors (Lipinski definition) is 1. The summed E-state index contributed by atoms with van der Waals surface area (Å²) in [7, 11) is 0. The zero-order valence-electron chi connectivity index (χ0n) is 15.8. The normalized spacial score (nSPS) is 30.2. The minimum Gasteiger partial charge on any atom is -0.454 e. The average molecular weight is 375 g/mol. The summed E-state index contributed by atoms with van der Waals surface area (Å²) in [6, 6.07) is 7.06. The van der Waals surface area contributed by atoms with Gasteiger partial charge in [-0.3, -0.25) is 9.80 Å². The first-order chi connectivity index (χ1) is 13.3. The summed E-state index contributed by atoms with van der Waals surface area (Å²) in [6.45, 7) is 7.65. The van der Waals surface area contributed by atoms with Crippen molar-refractivity contribution in [1.29, 1.82) is 0 Å². The maximum Gasteiger partial charge on any atom is 0.231 e. The van der Waals surface area contributed by atoms with Crippen LogP contribution in [0, 0.1) is 0 Å². The van der Waals surface area contributed by atoms with Crippen LogP contribution in [0.15, 0.2) is 18.2 Å². The van der Waals surface area contributed by atoms with Crippen molar-refractivity contribution in [3.8, 4) is 11.5 Å². The molecule has 2 atom stereocenters. The van der Waals surface area contributed by atoms with Crippen LogP contribution in [0.5, 0.6) is 11.5 Å². The average Bonchev–Trinajstić information content (AvgIpc) is 3.34. The van der Waals surface area contributed by atoms with Gasteiger partial charge in [0.05, 0.1) is 19.3 Å². The molecule has 1 N–H and O–H groups in total. The topological polar surface area (TPSA) is 57.6 Å². The van der Waals surface area contributed by atoms with E-state index in [2.05, 4.69) is 26.8 Å². The van der Waals surface area contributed by atoms with Gasteiger partial charge in [-0.2, -0.15) is 0 Å². The summed E-state index contributed by atoms with van der Waals surface area (Å²) in [4.78, 5) is 7.36. The van der Waals surface area contributed by atoms with E-state index in [4.69, 9.17) is 14.2 Å². The Hall–Kier alpha value is -1.54. The number of β-amino-alcohol motifs (C(OH)–C–C–N with tert-alkyl or cyclic N) is 1. The van der Waals surface area contributed by atoms with E-state index >= 15 is 0 Å². The highest BCUT2D eigenvalue weighted by Gasteiger charge is 2.39. The van der Waals surface area contributed by atoms with Gasteiger partial charge in [0.1, 0.15) is 0 Å². The Bertz CT molecular complexity index is 659. The molecule has 0 spiro atoms. The summed E-state index contributed by atoms with van der Waals surface area (Å²) in [5.41, 5.74) is 1.21. The molecule has 4 heterocycles. The minimum absolute atomic E-state index is 0.241. The summed E-state index contributed by atoms with van der Waals surface area (Å²) < 4.78 is 16.4. The molecule has 0 aliphatic carbocycles. The molecule has 5 rings (SSSR count). The molecule has 0 saturated carbocycles. The number of aliphatic hydroxyl groups is 1. The Labute approximate surface area is 160 Å². The molecular formula is C20H29N3O4. The SMILES string of the molecule is O[C@H]1CN(C2CCN(c3ccc4c(c3)OCO4)CC2)C[C@@H]1N1CCOCC1. The first-order valence-corrected chi connectivity index (χ1v) is 10.2. The molecule has 7 heteroatoms. The predicted octanol–water partition coefficient (Wildman–Crippen LogP) is 0.761. The fourth-order valence-corrected chi connectivity index (χ4v) is 4.94. The molecule has 3 fully saturated rings. The third-order valence-corrected chi connectivity index (χ3v) is 6.50. The number of fused-ring (bicyclic) bond motifs is 1. The van der Waals surface area contributed by atoms with Crippen LogP contribution < -0.4 is 14.4 Å². The van der Waals surface area contributed by atoms with Crippen molar-refractivity contribution < 1.29 is 19.3 Å². The number of nitrogens with zero attached hydrogens (tertiary/aromatic N) is 3. The third kappa shape index (κ3) is 3.49. The summed E-state index contributed by atoms with van der Waals surface area (Å²) in [5.74, 6) is 1.69. The Morgan fingerprint density at radius 1 is 0.889 bits per heavy atom. The molecule has 0 amide bonds. The zero-order chi connectivity index (χ0) is 18.2. The third-order valence-electron chi connectivity index (χ3n) is 6.50. The van der Waals surface area contributed by atoms with E-state index in [0.717, 1.165) is 76.8 Å². The number of likely N-dealkylation sites (tertiary alicyclic amines) is 1. The van der Waals surface area contributed by atoms with Crippen LogP contribution in [-0.4, -0.2) is 92.4 Å². The van der Waals surface area contributed by atoms with E-state index < -0.39 is 0 Å². The first kappa shape index (κ1) is 17.6. The van der Waals surface area contributed by atoms with Crippen molar-refractivity contribution in [3.63, 3.8) is 0 Å². The van der Waals surface area contributed by atoms with Crippen LogP contribution >= 0.6 is 0 Å². The van der Waals surface area contributed by atoms with Gasteiger partial charge < -0.3 is 24.2 Å². The van der Waals surface area contributed by atoms with E-state index in [1.165, 1.54) is 5.69 Å². The number of hydrogen-bond acceptors (Lipinski definition) is 7. The van der Waals surface area contributed by atoms with E-state index in [0.29, 0.717) is 12.8 Å². The number of rotatable bonds is 3. The molecular weight excluding hydrogens is 346 g/mol. The van der Waals surface area contributed by atoms with E-state index in [9.17, 15) is 5.11 Å². The molecule has 1 aromatic carbocycles. The number of ether oxygens (including phenoxy) is 3. The summed E-state index contributed by atoms with van der Waals surface area (Å²) in [5, 5.41) is 10.6. The number of piperidine rings is 1. The second-order valence-electron chi connectivity index (χ2n) is 7.99.